The number of hydrogen-bond donors (Lipinski definition) is 17. The minimum absolute atomic E-state index is 0.000943. The molecule has 0 saturated carbocycles. The second-order valence-electron chi connectivity index (χ2n) is 20.9. The van der Waals surface area contributed by atoms with Crippen molar-refractivity contribution in [2.75, 3.05) is 39.3 Å². The molecule has 22 N–H and O–H groups in total. The number of rotatable bonds is 26. The van der Waals surface area contributed by atoms with Crippen LogP contribution in [0.25, 0.3) is 0 Å². The first kappa shape index (κ1) is 69.9. The first-order valence-electron chi connectivity index (χ1n) is 27.2. The molecule has 1 aliphatic heterocycles. The van der Waals surface area contributed by atoms with Gasteiger partial charge in [0.1, 0.15) is 60.4 Å². The normalized spacial score (nSPS) is 23.2. The zero-order chi connectivity index (χ0) is 59.2. The summed E-state index contributed by atoms with van der Waals surface area (Å²) in [5.41, 5.74) is 29.1. The van der Waals surface area contributed by atoms with Gasteiger partial charge in [0.2, 0.25) is 65.0 Å². The third kappa shape index (κ3) is 25.6. The van der Waals surface area contributed by atoms with Crippen LogP contribution in [0.4, 0.5) is 0 Å². The minimum atomic E-state index is -1.67. The summed E-state index contributed by atoms with van der Waals surface area (Å²) < 4.78 is 0. The summed E-state index contributed by atoms with van der Waals surface area (Å²) in [5.74, 6) is -9.31. The number of carbonyl (C=O) groups excluding carboxylic acids is 11. The maximum atomic E-state index is 14.3. The van der Waals surface area contributed by atoms with Crippen molar-refractivity contribution in [3.8, 4) is 0 Å². The molecular weight excluding hydrogens is 1020 g/mol. The van der Waals surface area contributed by atoms with Crippen LogP contribution in [0.5, 0.6) is 0 Å². The lowest BCUT2D eigenvalue weighted by Gasteiger charge is -2.29. The monoisotopic (exact) mass is 1110 g/mol. The first-order valence-corrected chi connectivity index (χ1v) is 27.2. The molecule has 0 unspecified atom stereocenters. The van der Waals surface area contributed by atoms with E-state index in [2.05, 4.69) is 72.3 Å². The van der Waals surface area contributed by atoms with Crippen LogP contribution in [-0.4, -0.2) is 176 Å². The van der Waals surface area contributed by atoms with E-state index in [1.165, 1.54) is 13.8 Å². The molecule has 1 aliphatic rings. The van der Waals surface area contributed by atoms with Gasteiger partial charge in [0.25, 0.3) is 0 Å². The van der Waals surface area contributed by atoms with E-state index < -0.39 is 137 Å². The minimum Gasteiger partial charge on any atom is -0.391 e. The van der Waals surface area contributed by atoms with Crippen LogP contribution < -0.4 is 87.2 Å². The fourth-order valence-electron chi connectivity index (χ4n) is 8.19. The Morgan fingerprint density at radius 1 is 0.538 bits per heavy atom. The summed E-state index contributed by atoms with van der Waals surface area (Å²) in [4.78, 5) is 151. The van der Waals surface area contributed by atoms with E-state index in [-0.39, 0.29) is 96.6 Å². The highest BCUT2D eigenvalue weighted by Gasteiger charge is 2.37. The molecule has 11 atom stereocenters. The van der Waals surface area contributed by atoms with Gasteiger partial charge in [0, 0.05) is 13.0 Å². The summed E-state index contributed by atoms with van der Waals surface area (Å²) in [6.45, 7) is 12.7. The molecule has 0 bridgehead atoms. The zero-order valence-electron chi connectivity index (χ0n) is 46.9. The van der Waals surface area contributed by atoms with Crippen LogP contribution in [0.1, 0.15) is 126 Å². The molecule has 1 fully saturated rings. The van der Waals surface area contributed by atoms with Gasteiger partial charge < -0.3 is 92.3 Å². The lowest BCUT2D eigenvalue weighted by Crippen LogP contribution is -2.62. The Bertz CT molecular complexity index is 1980. The van der Waals surface area contributed by atoms with Gasteiger partial charge in [-0.25, -0.2) is 0 Å². The van der Waals surface area contributed by atoms with Gasteiger partial charge >= 0.3 is 0 Å². The topological polar surface area (TPSA) is 470 Å². The van der Waals surface area contributed by atoms with Crippen LogP contribution in [0.15, 0.2) is 0 Å². The molecule has 1 heterocycles. The van der Waals surface area contributed by atoms with Gasteiger partial charge in [0.15, 0.2) is 0 Å². The summed E-state index contributed by atoms with van der Waals surface area (Å²) in [6.07, 6.45) is 0.0287. The molecule has 1 saturated heterocycles. The van der Waals surface area contributed by atoms with E-state index in [1.54, 1.807) is 27.7 Å². The molecule has 0 aromatic rings. The molecule has 0 aliphatic carbocycles. The third-order valence-corrected chi connectivity index (χ3v) is 12.7. The molecule has 0 aromatic heterocycles. The molecule has 28 nitrogen and oxygen atoms in total. The third-order valence-electron chi connectivity index (χ3n) is 12.7. The maximum Gasteiger partial charge on any atom is 0.245 e. The van der Waals surface area contributed by atoms with Gasteiger partial charge in [-0.05, 0) is 116 Å². The largest absolute Gasteiger partial charge is 0.391 e. The van der Waals surface area contributed by atoms with Crippen molar-refractivity contribution < 1.29 is 57.8 Å². The van der Waals surface area contributed by atoms with E-state index in [9.17, 15) is 57.8 Å². The number of aliphatic hydroxyl groups is 1. The van der Waals surface area contributed by atoms with Crippen molar-refractivity contribution in [2.24, 2.45) is 46.4 Å². The predicted molar refractivity (Wildman–Crippen MR) is 290 cm³/mol. The molecule has 11 amide bonds. The lowest BCUT2D eigenvalue weighted by atomic mass is 9.99. The molecule has 78 heavy (non-hydrogen) atoms. The van der Waals surface area contributed by atoms with Crippen LogP contribution in [-0.2, 0) is 52.7 Å². The quantitative estimate of drug-likeness (QED) is 0.0359. The van der Waals surface area contributed by atoms with Crippen molar-refractivity contribution in [3.63, 3.8) is 0 Å². The highest BCUT2D eigenvalue weighted by molar-refractivity contribution is 5.99. The average molecular weight is 1110 g/mol. The number of hydrogen-bond acceptors (Lipinski definition) is 17. The predicted octanol–water partition coefficient (Wildman–Crippen LogP) is -5.58. The molecule has 446 valence electrons. The average Bonchev–Trinajstić information content (AvgIpc) is 3.36. The van der Waals surface area contributed by atoms with Crippen molar-refractivity contribution in [1.29, 1.82) is 0 Å². The second kappa shape index (κ2) is 36.9. The van der Waals surface area contributed by atoms with Crippen LogP contribution in [0.2, 0.25) is 0 Å². The second-order valence-corrected chi connectivity index (χ2v) is 20.9. The van der Waals surface area contributed by atoms with Gasteiger partial charge in [-0.1, -0.05) is 54.4 Å². The number of unbranched alkanes of at least 4 members (excludes halogenated alkanes) is 1. The van der Waals surface area contributed by atoms with Crippen LogP contribution in [0.3, 0.4) is 0 Å². The molecule has 0 radical (unpaired) electrons. The van der Waals surface area contributed by atoms with E-state index in [1.807, 2.05) is 0 Å². The Morgan fingerprint density at radius 3 is 1.51 bits per heavy atom. The summed E-state index contributed by atoms with van der Waals surface area (Å²) in [6, 6.07) is -13.7. The fraction of sp³-hybridized carbons (Fsp3) is 0.780. The zero-order valence-corrected chi connectivity index (χ0v) is 46.9. The summed E-state index contributed by atoms with van der Waals surface area (Å²) >= 11 is 0. The number of nitrogens with one attached hydrogen (secondary N) is 11. The van der Waals surface area contributed by atoms with Crippen molar-refractivity contribution in [3.05, 3.63) is 0 Å². The van der Waals surface area contributed by atoms with Gasteiger partial charge in [-0.2, -0.15) is 0 Å². The number of carbonyl (C=O) groups is 11. The van der Waals surface area contributed by atoms with Gasteiger partial charge in [-0.3, -0.25) is 52.7 Å². The smallest absolute Gasteiger partial charge is 0.245 e. The van der Waals surface area contributed by atoms with E-state index >= 15 is 0 Å². The molecule has 0 aromatic carbocycles. The molecule has 28 heteroatoms. The Morgan fingerprint density at radius 2 is 1.03 bits per heavy atom. The Hall–Kier alpha value is -6.07. The van der Waals surface area contributed by atoms with E-state index in [0.29, 0.717) is 12.3 Å². The van der Waals surface area contributed by atoms with Crippen molar-refractivity contribution >= 4 is 65.0 Å². The van der Waals surface area contributed by atoms with E-state index in [0.717, 1.165) is 12.8 Å². The maximum absolute atomic E-state index is 14.3. The first-order chi connectivity index (χ1) is 36.7. The van der Waals surface area contributed by atoms with Crippen molar-refractivity contribution in [1.82, 2.24) is 58.5 Å². The van der Waals surface area contributed by atoms with Gasteiger partial charge in [-0.15, -0.1) is 0 Å². The van der Waals surface area contributed by atoms with Crippen LogP contribution in [0, 0.1) is 17.8 Å². The van der Waals surface area contributed by atoms with E-state index in [4.69, 9.17) is 28.7 Å². The number of aliphatic hydroxyl groups excluding tert-OH is 1. The Balaban J connectivity index is 3.72. The summed E-state index contributed by atoms with van der Waals surface area (Å²) in [5, 5.41) is 38.9. The highest BCUT2D eigenvalue weighted by atomic mass is 16.3. The standard InChI is InChI=1S/C50H94N16O12/c1-26(2)11-9-10-12-38(68)58-31(13-19-51)47(75)66-40(30(8)67)50(78)63-35(17-23-55)44(72)61-36-18-24-56-41(69)29(7)57-42(70)32(14-20-52)59-43(71)34(16-22-54)62-49(77)39(28(5)6)65-48(76)37(25-27(3)4)64-45(73)33(15-21-53)60-46(36)74/h26-37,39-40,67H,9-25,51-55H2,1-8H3,(H,56,69)(H,57,70)(H,58,68)(H,59,71)(H,60,74)(H,61,72)(H,62,77)(H,63,78)(H,64,73)(H,65,76)(H,66,75)/t29-,30+,31-,32-,33-,34-,35-,36-,37+,39-,40-/m0/s1. The molecule has 1 rings (SSSR count). The Labute approximate surface area is 458 Å². The molecular formula is C50H94N16O12. The van der Waals surface area contributed by atoms with Gasteiger partial charge in [0.05, 0.1) is 6.10 Å². The lowest BCUT2D eigenvalue weighted by molar-refractivity contribution is -0.137. The van der Waals surface area contributed by atoms with Crippen LogP contribution >= 0.6 is 0 Å². The SMILES string of the molecule is CC(C)CCCCC(=O)N[C@@H](CCN)C(=O)N[C@H](C(=O)N[C@@H](CCN)C(=O)N[C@H]1CCNC(=O)[C@H](C)NC(=O)[C@H](CCN)NC(=O)[C@H](CCN)NC(=O)[C@H](C(C)C)NC(=O)[C@@H](CC(C)C)NC(=O)[C@H](CCN)NC1=O)[C@@H](C)O. The Kier molecular flexibility index (Phi) is 33.1. The van der Waals surface area contributed by atoms with Crippen molar-refractivity contribution in [2.45, 2.75) is 193 Å². The number of nitrogens with two attached hydrogens (primary N) is 5. The highest BCUT2D eigenvalue weighted by Crippen LogP contribution is 2.12. The molecule has 0 spiro atoms. The number of amides is 11. The summed E-state index contributed by atoms with van der Waals surface area (Å²) in [7, 11) is 0. The fourth-order valence-corrected chi connectivity index (χ4v) is 8.19.